The molecule has 2 N–H and O–H groups in total. The van der Waals surface area contributed by atoms with E-state index >= 15 is 0 Å². The molecule has 0 spiro atoms. The van der Waals surface area contributed by atoms with Crippen LogP contribution in [0.2, 0.25) is 5.02 Å². The monoisotopic (exact) mass is 302 g/mol. The summed E-state index contributed by atoms with van der Waals surface area (Å²) in [6, 6.07) is 3.38. The van der Waals surface area contributed by atoms with Gasteiger partial charge < -0.3 is 15.2 Å². The minimum atomic E-state index is -0.837. The van der Waals surface area contributed by atoms with Gasteiger partial charge in [0.25, 0.3) is 0 Å². The fourth-order valence-electron chi connectivity index (χ4n) is 1.44. The highest BCUT2D eigenvalue weighted by molar-refractivity contribution is 6.32. The quantitative estimate of drug-likeness (QED) is 0.468. The van der Waals surface area contributed by atoms with Crippen LogP contribution in [0.4, 0.5) is 5.69 Å². The molecule has 0 fully saturated rings. The Hall–Kier alpha value is -1.86. The number of nitrogens with two attached hydrogens (primary N) is 1. The van der Waals surface area contributed by atoms with Crippen LogP contribution in [0.25, 0.3) is 0 Å². The third kappa shape index (κ3) is 4.36. The van der Waals surface area contributed by atoms with Crippen LogP contribution in [0.5, 0.6) is 5.75 Å². The van der Waals surface area contributed by atoms with E-state index in [-0.39, 0.29) is 36.1 Å². The van der Waals surface area contributed by atoms with Crippen molar-refractivity contribution in [2.24, 2.45) is 5.73 Å². The van der Waals surface area contributed by atoms with Crippen LogP contribution in [0.15, 0.2) is 18.2 Å². The molecule has 0 aromatic heterocycles. The van der Waals surface area contributed by atoms with Gasteiger partial charge in [0.1, 0.15) is 6.04 Å². The molecule has 0 heterocycles. The molecule has 1 aromatic carbocycles. The number of nitro benzene ring substituents is 1. The van der Waals surface area contributed by atoms with Crippen LogP contribution < -0.4 is 10.5 Å². The summed E-state index contributed by atoms with van der Waals surface area (Å²) in [5, 5.41) is 11.0. The summed E-state index contributed by atoms with van der Waals surface area (Å²) < 4.78 is 10.0. The van der Waals surface area contributed by atoms with Crippen LogP contribution in [0.3, 0.4) is 0 Å². The maximum Gasteiger partial charge on any atom is 0.323 e. The zero-order valence-electron chi connectivity index (χ0n) is 10.9. The fourth-order valence-corrected chi connectivity index (χ4v) is 1.66. The number of rotatable bonds is 7. The number of hydrogen-bond acceptors (Lipinski definition) is 6. The standard InChI is InChI=1S/C12H15ClN2O5/c1-2-19-12(16)9(14)6-7-20-11-8(13)4-3-5-10(11)15(17)18/h3-5,9H,2,6-7,14H2,1H3. The van der Waals surface area contributed by atoms with Gasteiger partial charge in [0.15, 0.2) is 0 Å². The number of carbonyl (C=O) groups excluding carboxylic acids is 1. The van der Waals surface area contributed by atoms with Gasteiger partial charge in [-0.1, -0.05) is 17.7 Å². The lowest BCUT2D eigenvalue weighted by Crippen LogP contribution is -2.33. The van der Waals surface area contributed by atoms with Crippen molar-refractivity contribution < 1.29 is 19.2 Å². The second kappa shape index (κ2) is 7.66. The zero-order valence-corrected chi connectivity index (χ0v) is 11.6. The summed E-state index contributed by atoms with van der Waals surface area (Å²) in [6.45, 7) is 1.93. The van der Waals surface area contributed by atoms with Gasteiger partial charge in [-0.05, 0) is 13.0 Å². The molecule has 0 aliphatic rings. The minimum Gasteiger partial charge on any atom is -0.486 e. The SMILES string of the molecule is CCOC(=O)C(N)CCOc1c(Cl)cccc1[N+](=O)[O-]. The van der Waals surface area contributed by atoms with Crippen molar-refractivity contribution in [2.45, 2.75) is 19.4 Å². The lowest BCUT2D eigenvalue weighted by atomic mass is 10.2. The van der Waals surface area contributed by atoms with Gasteiger partial charge in [-0.2, -0.15) is 0 Å². The van der Waals surface area contributed by atoms with E-state index in [0.29, 0.717) is 0 Å². The molecule has 8 heteroatoms. The van der Waals surface area contributed by atoms with E-state index in [2.05, 4.69) is 0 Å². The van der Waals surface area contributed by atoms with Crippen LogP contribution in [0.1, 0.15) is 13.3 Å². The highest BCUT2D eigenvalue weighted by Gasteiger charge is 2.20. The van der Waals surface area contributed by atoms with Crippen molar-refractivity contribution in [1.82, 2.24) is 0 Å². The Morgan fingerprint density at radius 1 is 1.55 bits per heavy atom. The highest BCUT2D eigenvalue weighted by atomic mass is 35.5. The Morgan fingerprint density at radius 2 is 2.25 bits per heavy atom. The normalized spacial score (nSPS) is 11.8. The topological polar surface area (TPSA) is 105 Å². The van der Waals surface area contributed by atoms with Crippen LogP contribution in [0, 0.1) is 10.1 Å². The van der Waals surface area contributed by atoms with Crippen molar-refractivity contribution in [3.63, 3.8) is 0 Å². The predicted molar refractivity (Wildman–Crippen MR) is 72.8 cm³/mol. The van der Waals surface area contributed by atoms with Gasteiger partial charge in [0, 0.05) is 12.5 Å². The Labute approximate surface area is 120 Å². The lowest BCUT2D eigenvalue weighted by molar-refractivity contribution is -0.385. The lowest BCUT2D eigenvalue weighted by Gasteiger charge is -2.12. The Bertz CT molecular complexity index is 495. The van der Waals surface area contributed by atoms with Crippen molar-refractivity contribution in [3.8, 4) is 5.75 Å². The number of nitrogens with zero attached hydrogens (tertiary/aromatic N) is 1. The molecule has 0 radical (unpaired) electrons. The average molecular weight is 303 g/mol. The molecule has 7 nitrogen and oxygen atoms in total. The zero-order chi connectivity index (χ0) is 15.1. The van der Waals surface area contributed by atoms with Crippen molar-refractivity contribution in [2.75, 3.05) is 13.2 Å². The molecule has 20 heavy (non-hydrogen) atoms. The second-order valence-electron chi connectivity index (χ2n) is 3.84. The number of nitro groups is 1. The molecule has 0 bridgehead atoms. The van der Waals surface area contributed by atoms with E-state index in [1.54, 1.807) is 6.92 Å². The average Bonchev–Trinajstić information content (AvgIpc) is 2.40. The van der Waals surface area contributed by atoms with Gasteiger partial charge in [0.2, 0.25) is 5.75 Å². The van der Waals surface area contributed by atoms with E-state index in [9.17, 15) is 14.9 Å². The van der Waals surface area contributed by atoms with Gasteiger partial charge in [-0.15, -0.1) is 0 Å². The number of para-hydroxylation sites is 1. The first-order valence-electron chi connectivity index (χ1n) is 5.95. The summed E-state index contributed by atoms with van der Waals surface area (Å²) >= 11 is 5.85. The smallest absolute Gasteiger partial charge is 0.323 e. The molecule has 1 unspecified atom stereocenters. The Morgan fingerprint density at radius 3 is 2.85 bits per heavy atom. The number of halogens is 1. The summed E-state index contributed by atoms with van der Waals surface area (Å²) in [4.78, 5) is 21.5. The van der Waals surface area contributed by atoms with Crippen LogP contribution in [-0.4, -0.2) is 30.1 Å². The molecule has 0 amide bonds. The first kappa shape index (κ1) is 16.2. The third-order valence-corrected chi connectivity index (χ3v) is 2.71. The third-order valence-electron chi connectivity index (χ3n) is 2.41. The van der Waals surface area contributed by atoms with Gasteiger partial charge >= 0.3 is 11.7 Å². The first-order chi connectivity index (χ1) is 9.47. The first-order valence-corrected chi connectivity index (χ1v) is 6.33. The minimum absolute atomic E-state index is 0.0184. The molecule has 1 rings (SSSR count). The molecule has 1 atom stereocenters. The number of esters is 1. The number of hydrogen-bond donors (Lipinski definition) is 1. The number of ether oxygens (including phenoxy) is 2. The molecular formula is C12H15ClN2O5. The second-order valence-corrected chi connectivity index (χ2v) is 4.25. The maximum atomic E-state index is 11.3. The number of carbonyl (C=O) groups is 1. The summed E-state index contributed by atoms with van der Waals surface area (Å²) in [5.74, 6) is -0.569. The molecule has 0 aliphatic heterocycles. The Kier molecular flexibility index (Phi) is 6.20. The Balaban J connectivity index is 2.62. The molecular weight excluding hydrogens is 288 g/mol. The molecule has 0 saturated carbocycles. The van der Waals surface area contributed by atoms with E-state index in [4.69, 9.17) is 26.8 Å². The number of benzene rings is 1. The van der Waals surface area contributed by atoms with E-state index in [1.807, 2.05) is 0 Å². The largest absolute Gasteiger partial charge is 0.486 e. The van der Waals surface area contributed by atoms with Crippen molar-refractivity contribution in [1.29, 1.82) is 0 Å². The van der Waals surface area contributed by atoms with E-state index in [1.165, 1.54) is 18.2 Å². The van der Waals surface area contributed by atoms with Crippen LogP contribution >= 0.6 is 11.6 Å². The molecule has 1 aromatic rings. The van der Waals surface area contributed by atoms with E-state index < -0.39 is 16.9 Å². The summed E-state index contributed by atoms with van der Waals surface area (Å²) in [7, 11) is 0. The van der Waals surface area contributed by atoms with Gasteiger partial charge in [-0.25, -0.2) is 0 Å². The van der Waals surface area contributed by atoms with Crippen molar-refractivity contribution in [3.05, 3.63) is 33.3 Å². The molecule has 0 aliphatic carbocycles. The molecule has 110 valence electrons. The van der Waals surface area contributed by atoms with Gasteiger partial charge in [0.05, 0.1) is 23.2 Å². The fraction of sp³-hybridized carbons (Fsp3) is 0.417. The van der Waals surface area contributed by atoms with Crippen LogP contribution in [-0.2, 0) is 9.53 Å². The summed E-state index contributed by atoms with van der Waals surface area (Å²) in [6.07, 6.45) is 0.168. The molecule has 0 saturated heterocycles. The van der Waals surface area contributed by atoms with Gasteiger partial charge in [-0.3, -0.25) is 14.9 Å². The highest BCUT2D eigenvalue weighted by Crippen LogP contribution is 2.34. The van der Waals surface area contributed by atoms with E-state index in [0.717, 1.165) is 0 Å². The predicted octanol–water partition coefficient (Wildman–Crippen LogP) is 1.91. The maximum absolute atomic E-state index is 11.3. The van der Waals surface area contributed by atoms with Crippen molar-refractivity contribution >= 4 is 23.3 Å². The summed E-state index contributed by atoms with van der Waals surface area (Å²) in [5.41, 5.74) is 5.35.